The van der Waals surface area contributed by atoms with Gasteiger partial charge in [-0.2, -0.15) is 5.10 Å². The monoisotopic (exact) mass is 345 g/mol. The summed E-state index contributed by atoms with van der Waals surface area (Å²) in [5.41, 5.74) is 2.98. The second-order valence-corrected chi connectivity index (χ2v) is 5.80. The number of aromatic nitrogens is 5. The average Bonchev–Trinajstić information content (AvgIpc) is 3.14. The first-order valence-electron chi connectivity index (χ1n) is 7.39. The number of nitrogens with zero attached hydrogens (tertiary/aromatic N) is 5. The molecule has 2 aromatic heterocycles. The van der Waals surface area contributed by atoms with E-state index in [0.29, 0.717) is 29.4 Å². The molecule has 0 atom stereocenters. The summed E-state index contributed by atoms with van der Waals surface area (Å²) in [7, 11) is 0. The number of carboxylic acids is 1. The molecule has 0 fully saturated rings. The van der Waals surface area contributed by atoms with E-state index in [9.17, 15) is 9.90 Å². The molecular weight excluding hydrogens is 330 g/mol. The predicted octanol–water partition coefficient (Wildman–Crippen LogP) is 2.81. The van der Waals surface area contributed by atoms with E-state index in [1.807, 2.05) is 18.5 Å². The number of benzene rings is 1. The fourth-order valence-electron chi connectivity index (χ4n) is 2.51. The van der Waals surface area contributed by atoms with Crippen molar-refractivity contribution in [2.75, 3.05) is 0 Å². The standard InChI is InChI=1S/C16H16ClN5O2/c1-10-15(17)11(2)22(19-10)8-7-21-9-14(18-20-21)12-5-3-4-6-13(12)16(23)24/h3-6,9H,7-8H2,1-2H3,(H,23,24). The molecule has 1 aromatic carbocycles. The number of carboxylic acid groups (broad SMARTS) is 1. The molecule has 7 nitrogen and oxygen atoms in total. The Kier molecular flexibility index (Phi) is 4.35. The SMILES string of the molecule is Cc1nn(CCn2cc(-c3ccccc3C(=O)O)nn2)c(C)c1Cl. The van der Waals surface area contributed by atoms with Gasteiger partial charge in [0.15, 0.2) is 0 Å². The van der Waals surface area contributed by atoms with Crippen LogP contribution in [0, 0.1) is 13.8 Å². The van der Waals surface area contributed by atoms with E-state index < -0.39 is 5.97 Å². The Bertz CT molecular complexity index is 900. The maximum absolute atomic E-state index is 11.3. The number of hydrogen-bond donors (Lipinski definition) is 1. The van der Waals surface area contributed by atoms with Crippen LogP contribution < -0.4 is 0 Å². The molecule has 1 N–H and O–H groups in total. The Balaban J connectivity index is 1.79. The Morgan fingerprint density at radius 3 is 2.67 bits per heavy atom. The number of rotatable bonds is 5. The third kappa shape index (κ3) is 3.03. The highest BCUT2D eigenvalue weighted by molar-refractivity contribution is 6.31. The Morgan fingerprint density at radius 2 is 2.00 bits per heavy atom. The molecule has 0 aliphatic heterocycles. The lowest BCUT2D eigenvalue weighted by Gasteiger charge is -2.04. The first-order chi connectivity index (χ1) is 11.5. The van der Waals surface area contributed by atoms with Crippen molar-refractivity contribution in [1.82, 2.24) is 24.8 Å². The minimum absolute atomic E-state index is 0.204. The van der Waals surface area contributed by atoms with E-state index >= 15 is 0 Å². The number of hydrogen-bond acceptors (Lipinski definition) is 4. The molecule has 8 heteroatoms. The lowest BCUT2D eigenvalue weighted by Crippen LogP contribution is -2.10. The maximum atomic E-state index is 11.3. The lowest BCUT2D eigenvalue weighted by molar-refractivity contribution is 0.0697. The average molecular weight is 346 g/mol. The quantitative estimate of drug-likeness (QED) is 0.768. The Morgan fingerprint density at radius 1 is 1.25 bits per heavy atom. The second kappa shape index (κ2) is 6.45. The second-order valence-electron chi connectivity index (χ2n) is 5.43. The van der Waals surface area contributed by atoms with Crippen molar-refractivity contribution >= 4 is 17.6 Å². The van der Waals surface area contributed by atoms with Crippen molar-refractivity contribution in [3.8, 4) is 11.3 Å². The highest BCUT2D eigenvalue weighted by Crippen LogP contribution is 2.22. The van der Waals surface area contributed by atoms with Gasteiger partial charge in [0.25, 0.3) is 0 Å². The van der Waals surface area contributed by atoms with Gasteiger partial charge in [-0.25, -0.2) is 4.79 Å². The van der Waals surface area contributed by atoms with Gasteiger partial charge in [0.05, 0.1) is 41.3 Å². The number of aromatic carboxylic acids is 1. The molecule has 0 saturated carbocycles. The van der Waals surface area contributed by atoms with Crippen LogP contribution in [0.1, 0.15) is 21.7 Å². The summed E-state index contributed by atoms with van der Waals surface area (Å²) in [4.78, 5) is 11.3. The van der Waals surface area contributed by atoms with Gasteiger partial charge in [-0.05, 0) is 19.9 Å². The van der Waals surface area contributed by atoms with E-state index in [-0.39, 0.29) is 5.56 Å². The Labute approximate surface area is 143 Å². The summed E-state index contributed by atoms with van der Waals surface area (Å²) in [6.45, 7) is 4.93. The van der Waals surface area contributed by atoms with Crippen LogP contribution in [-0.4, -0.2) is 35.9 Å². The molecule has 0 spiro atoms. The summed E-state index contributed by atoms with van der Waals surface area (Å²) in [6.07, 6.45) is 1.73. The van der Waals surface area contributed by atoms with Gasteiger partial charge in [-0.15, -0.1) is 5.10 Å². The summed E-state index contributed by atoms with van der Waals surface area (Å²) in [5, 5.41) is 22.5. The van der Waals surface area contributed by atoms with Crippen molar-refractivity contribution in [2.24, 2.45) is 0 Å². The minimum Gasteiger partial charge on any atom is -0.478 e. The summed E-state index contributed by atoms with van der Waals surface area (Å²) in [6, 6.07) is 6.73. The van der Waals surface area contributed by atoms with Crippen LogP contribution in [0.3, 0.4) is 0 Å². The maximum Gasteiger partial charge on any atom is 0.336 e. The fraction of sp³-hybridized carbons (Fsp3) is 0.250. The van der Waals surface area contributed by atoms with E-state index in [2.05, 4.69) is 15.4 Å². The molecule has 2 heterocycles. The zero-order valence-corrected chi connectivity index (χ0v) is 14.0. The van der Waals surface area contributed by atoms with E-state index in [4.69, 9.17) is 11.6 Å². The van der Waals surface area contributed by atoms with Crippen LogP contribution in [0.2, 0.25) is 5.02 Å². The van der Waals surface area contributed by atoms with Gasteiger partial charge in [0.2, 0.25) is 0 Å². The minimum atomic E-state index is -0.988. The Hall–Kier alpha value is -2.67. The summed E-state index contributed by atoms with van der Waals surface area (Å²) in [5.74, 6) is -0.988. The number of aryl methyl sites for hydroxylation is 3. The van der Waals surface area contributed by atoms with Crippen molar-refractivity contribution < 1.29 is 9.90 Å². The molecule has 0 amide bonds. The highest BCUT2D eigenvalue weighted by Gasteiger charge is 2.14. The third-order valence-corrected chi connectivity index (χ3v) is 4.35. The first kappa shape index (κ1) is 16.2. The van der Waals surface area contributed by atoms with Gasteiger partial charge in [-0.3, -0.25) is 9.36 Å². The molecule has 0 aliphatic carbocycles. The summed E-state index contributed by atoms with van der Waals surface area (Å²) >= 11 is 6.14. The van der Waals surface area contributed by atoms with Crippen molar-refractivity contribution in [3.63, 3.8) is 0 Å². The molecule has 3 aromatic rings. The van der Waals surface area contributed by atoms with Crippen molar-refractivity contribution in [3.05, 3.63) is 52.4 Å². The molecule has 0 aliphatic rings. The zero-order valence-electron chi connectivity index (χ0n) is 13.3. The van der Waals surface area contributed by atoms with Gasteiger partial charge in [0, 0.05) is 5.56 Å². The van der Waals surface area contributed by atoms with Crippen LogP contribution in [-0.2, 0) is 13.1 Å². The molecule has 0 saturated heterocycles. The van der Waals surface area contributed by atoms with Gasteiger partial charge in [0.1, 0.15) is 5.69 Å². The number of halogens is 1. The van der Waals surface area contributed by atoms with Crippen LogP contribution in [0.15, 0.2) is 30.5 Å². The zero-order chi connectivity index (χ0) is 17.3. The molecule has 24 heavy (non-hydrogen) atoms. The summed E-state index contributed by atoms with van der Waals surface area (Å²) < 4.78 is 3.49. The molecule has 3 rings (SSSR count). The molecule has 0 radical (unpaired) electrons. The topological polar surface area (TPSA) is 85.8 Å². The predicted molar refractivity (Wildman–Crippen MR) is 89.1 cm³/mol. The first-order valence-corrected chi connectivity index (χ1v) is 7.77. The third-order valence-electron chi connectivity index (χ3n) is 3.81. The smallest absolute Gasteiger partial charge is 0.336 e. The van der Waals surface area contributed by atoms with Gasteiger partial charge >= 0.3 is 5.97 Å². The molecule has 0 bridgehead atoms. The van der Waals surface area contributed by atoms with E-state index in [0.717, 1.165) is 11.4 Å². The van der Waals surface area contributed by atoms with Crippen LogP contribution >= 0.6 is 11.6 Å². The van der Waals surface area contributed by atoms with Crippen LogP contribution in [0.25, 0.3) is 11.3 Å². The van der Waals surface area contributed by atoms with Crippen molar-refractivity contribution in [1.29, 1.82) is 0 Å². The van der Waals surface area contributed by atoms with Gasteiger partial charge in [-0.1, -0.05) is 35.0 Å². The number of carbonyl (C=O) groups is 1. The normalized spacial score (nSPS) is 11.0. The van der Waals surface area contributed by atoms with Crippen molar-refractivity contribution in [2.45, 2.75) is 26.9 Å². The highest BCUT2D eigenvalue weighted by atomic mass is 35.5. The molecular formula is C16H16ClN5O2. The van der Waals surface area contributed by atoms with E-state index in [1.54, 1.807) is 35.1 Å². The lowest BCUT2D eigenvalue weighted by atomic mass is 10.1. The van der Waals surface area contributed by atoms with Crippen LogP contribution in [0.4, 0.5) is 0 Å². The molecule has 0 unspecified atom stereocenters. The van der Waals surface area contributed by atoms with E-state index in [1.165, 1.54) is 0 Å². The van der Waals surface area contributed by atoms with Crippen LogP contribution in [0.5, 0.6) is 0 Å². The molecule has 124 valence electrons. The van der Waals surface area contributed by atoms with Gasteiger partial charge < -0.3 is 5.11 Å². The fourth-order valence-corrected chi connectivity index (χ4v) is 2.65. The largest absolute Gasteiger partial charge is 0.478 e.